The lowest BCUT2D eigenvalue weighted by molar-refractivity contribution is -0.118. The summed E-state index contributed by atoms with van der Waals surface area (Å²) in [6, 6.07) is 12.2. The van der Waals surface area contributed by atoms with Crippen LogP contribution >= 0.6 is 0 Å². The van der Waals surface area contributed by atoms with Crippen molar-refractivity contribution in [1.82, 2.24) is 14.7 Å². The number of hydrogen-bond donors (Lipinski definition) is 2. The molecule has 0 spiro atoms. The number of carbonyl (C=O) groups is 1. The molecule has 3 N–H and O–H groups in total. The monoisotopic (exact) mass is 367 g/mol. The number of likely N-dealkylation sites (tertiary alicyclic amines) is 1. The smallest absolute Gasteiger partial charge is 0.239 e. The number of hydrogen-bond acceptors (Lipinski definition) is 4. The van der Waals surface area contributed by atoms with Gasteiger partial charge in [-0.3, -0.25) is 9.69 Å². The first-order chi connectivity index (χ1) is 12.9. The van der Waals surface area contributed by atoms with Crippen molar-refractivity contribution in [3.8, 4) is 5.69 Å². The van der Waals surface area contributed by atoms with Gasteiger partial charge in [0.1, 0.15) is 5.82 Å². The molecular weight excluding hydrogens is 338 g/mol. The van der Waals surface area contributed by atoms with Crippen LogP contribution in [-0.2, 0) is 4.79 Å². The third-order valence-corrected chi connectivity index (χ3v) is 5.75. The summed E-state index contributed by atoms with van der Waals surface area (Å²) in [6.07, 6.45) is 3.29. The summed E-state index contributed by atoms with van der Waals surface area (Å²) in [5, 5.41) is 7.83. The summed E-state index contributed by atoms with van der Waals surface area (Å²) in [5.74, 6) is 1.29. The number of nitrogens with one attached hydrogen (secondary N) is 1. The molecule has 0 bridgehead atoms. The molecule has 144 valence electrons. The molecule has 1 aromatic carbocycles. The minimum atomic E-state index is 0.000648. The van der Waals surface area contributed by atoms with E-state index in [-0.39, 0.29) is 17.4 Å². The second-order valence-electron chi connectivity index (χ2n) is 8.62. The van der Waals surface area contributed by atoms with Crippen LogP contribution in [-0.4, -0.2) is 46.3 Å². The predicted octanol–water partition coefficient (Wildman–Crippen LogP) is 2.75. The van der Waals surface area contributed by atoms with Crippen molar-refractivity contribution in [3.05, 3.63) is 42.1 Å². The second-order valence-corrected chi connectivity index (χ2v) is 8.62. The molecule has 6 heteroatoms. The number of anilines is 1. The van der Waals surface area contributed by atoms with E-state index in [1.807, 2.05) is 41.1 Å². The van der Waals surface area contributed by atoms with E-state index in [1.54, 1.807) is 0 Å². The lowest BCUT2D eigenvalue weighted by Crippen LogP contribution is -2.53. The van der Waals surface area contributed by atoms with Gasteiger partial charge in [0, 0.05) is 31.1 Å². The Kier molecular flexibility index (Phi) is 4.78. The second kappa shape index (κ2) is 7.09. The highest BCUT2D eigenvalue weighted by Gasteiger charge is 2.34. The highest BCUT2D eigenvalue weighted by molar-refractivity contribution is 5.91. The van der Waals surface area contributed by atoms with Gasteiger partial charge in [-0.2, -0.15) is 5.10 Å². The number of aromatic nitrogens is 2. The van der Waals surface area contributed by atoms with Gasteiger partial charge in [-0.1, -0.05) is 32.0 Å². The first-order valence-electron chi connectivity index (χ1n) is 9.85. The summed E-state index contributed by atoms with van der Waals surface area (Å²) >= 11 is 0. The van der Waals surface area contributed by atoms with Gasteiger partial charge in [0.15, 0.2) is 0 Å². The Morgan fingerprint density at radius 3 is 2.67 bits per heavy atom. The number of piperidine rings is 1. The van der Waals surface area contributed by atoms with Crippen molar-refractivity contribution in [3.63, 3.8) is 0 Å². The number of para-hydroxylation sites is 1. The Labute approximate surface area is 160 Å². The van der Waals surface area contributed by atoms with Crippen LogP contribution in [0, 0.1) is 5.41 Å². The first kappa shape index (κ1) is 18.2. The van der Waals surface area contributed by atoms with Gasteiger partial charge < -0.3 is 11.1 Å². The van der Waals surface area contributed by atoms with Crippen molar-refractivity contribution in [2.24, 2.45) is 11.1 Å². The third kappa shape index (κ3) is 4.06. The van der Waals surface area contributed by atoms with E-state index in [0.29, 0.717) is 12.5 Å². The van der Waals surface area contributed by atoms with E-state index in [1.165, 1.54) is 12.8 Å². The lowest BCUT2D eigenvalue weighted by atomic mass is 9.80. The molecular formula is C21H29N5O. The molecule has 1 aromatic heterocycles. The fourth-order valence-electron chi connectivity index (χ4n) is 3.84. The van der Waals surface area contributed by atoms with Crippen LogP contribution in [0.4, 0.5) is 5.82 Å². The molecule has 1 atom stereocenters. The maximum absolute atomic E-state index is 12.7. The minimum Gasteiger partial charge on any atom is -0.327 e. The first-order valence-corrected chi connectivity index (χ1v) is 9.85. The van der Waals surface area contributed by atoms with E-state index in [0.717, 1.165) is 36.7 Å². The average Bonchev–Trinajstić information content (AvgIpc) is 3.40. The van der Waals surface area contributed by atoms with Gasteiger partial charge in [0.25, 0.3) is 0 Å². The number of benzene rings is 1. The van der Waals surface area contributed by atoms with Crippen LogP contribution in [0.1, 0.15) is 44.7 Å². The molecule has 1 amide bonds. The SMILES string of the molecule is CC1(C)CN(CC(=O)Nc2cc(C3CC3)nn2-c2ccccc2)CCC1N. The Bertz CT molecular complexity index is 809. The Morgan fingerprint density at radius 1 is 1.26 bits per heavy atom. The quantitative estimate of drug-likeness (QED) is 0.852. The van der Waals surface area contributed by atoms with Crippen LogP contribution < -0.4 is 11.1 Å². The van der Waals surface area contributed by atoms with Crippen LogP contribution in [0.15, 0.2) is 36.4 Å². The average molecular weight is 367 g/mol. The highest BCUT2D eigenvalue weighted by atomic mass is 16.2. The molecule has 2 heterocycles. The molecule has 0 radical (unpaired) electrons. The number of carbonyl (C=O) groups excluding carboxylic acids is 1. The molecule has 27 heavy (non-hydrogen) atoms. The van der Waals surface area contributed by atoms with Crippen LogP contribution in [0.2, 0.25) is 0 Å². The van der Waals surface area contributed by atoms with Crippen LogP contribution in [0.3, 0.4) is 0 Å². The Morgan fingerprint density at radius 2 is 2.00 bits per heavy atom. The molecule has 2 aliphatic rings. The third-order valence-electron chi connectivity index (χ3n) is 5.75. The summed E-state index contributed by atoms with van der Waals surface area (Å²) in [4.78, 5) is 14.9. The summed E-state index contributed by atoms with van der Waals surface area (Å²) in [6.45, 7) is 6.44. The number of amides is 1. The lowest BCUT2D eigenvalue weighted by Gasteiger charge is -2.42. The van der Waals surface area contributed by atoms with E-state index in [4.69, 9.17) is 10.8 Å². The van der Waals surface area contributed by atoms with Crippen LogP contribution in [0.5, 0.6) is 0 Å². The standard InChI is InChI=1S/C21H29N5O/c1-21(2)14-25(11-10-18(21)22)13-20(27)23-19-12-17(15-8-9-15)24-26(19)16-6-4-3-5-7-16/h3-7,12,15,18H,8-11,13-14,22H2,1-2H3,(H,23,27). The van der Waals surface area contributed by atoms with Crippen molar-refractivity contribution in [2.45, 2.75) is 45.1 Å². The van der Waals surface area contributed by atoms with Gasteiger partial charge >= 0.3 is 0 Å². The summed E-state index contributed by atoms with van der Waals surface area (Å²) in [5.41, 5.74) is 8.27. The van der Waals surface area contributed by atoms with Gasteiger partial charge in [-0.05, 0) is 36.8 Å². The number of nitrogens with zero attached hydrogens (tertiary/aromatic N) is 3. The maximum Gasteiger partial charge on any atom is 0.239 e. The molecule has 2 fully saturated rings. The van der Waals surface area contributed by atoms with Crippen molar-refractivity contribution < 1.29 is 4.79 Å². The molecule has 2 aromatic rings. The zero-order chi connectivity index (χ0) is 19.0. The Hall–Kier alpha value is -2.18. The predicted molar refractivity (Wildman–Crippen MR) is 107 cm³/mol. The fourth-order valence-corrected chi connectivity index (χ4v) is 3.84. The largest absolute Gasteiger partial charge is 0.327 e. The normalized spacial score (nSPS) is 22.6. The number of rotatable bonds is 5. The molecule has 4 rings (SSSR count). The molecule has 1 unspecified atom stereocenters. The zero-order valence-corrected chi connectivity index (χ0v) is 16.2. The molecule has 1 saturated heterocycles. The van der Waals surface area contributed by atoms with Crippen molar-refractivity contribution >= 4 is 11.7 Å². The van der Waals surface area contributed by atoms with Gasteiger partial charge in [0.05, 0.1) is 17.9 Å². The zero-order valence-electron chi connectivity index (χ0n) is 16.2. The topological polar surface area (TPSA) is 76.2 Å². The van der Waals surface area contributed by atoms with E-state index >= 15 is 0 Å². The van der Waals surface area contributed by atoms with Gasteiger partial charge in [-0.25, -0.2) is 4.68 Å². The van der Waals surface area contributed by atoms with Crippen LogP contribution in [0.25, 0.3) is 5.69 Å². The molecule has 1 aliphatic carbocycles. The fraction of sp³-hybridized carbons (Fsp3) is 0.524. The maximum atomic E-state index is 12.7. The van der Waals surface area contributed by atoms with Crippen molar-refractivity contribution in [1.29, 1.82) is 0 Å². The molecule has 1 saturated carbocycles. The minimum absolute atomic E-state index is 0.000648. The summed E-state index contributed by atoms with van der Waals surface area (Å²) in [7, 11) is 0. The van der Waals surface area contributed by atoms with E-state index in [9.17, 15) is 4.79 Å². The van der Waals surface area contributed by atoms with E-state index in [2.05, 4.69) is 24.1 Å². The van der Waals surface area contributed by atoms with Gasteiger partial charge in [-0.15, -0.1) is 0 Å². The highest BCUT2D eigenvalue weighted by Crippen LogP contribution is 2.40. The summed E-state index contributed by atoms with van der Waals surface area (Å²) < 4.78 is 1.85. The molecule has 6 nitrogen and oxygen atoms in total. The van der Waals surface area contributed by atoms with Crippen molar-refractivity contribution in [2.75, 3.05) is 25.0 Å². The molecule has 1 aliphatic heterocycles. The van der Waals surface area contributed by atoms with Gasteiger partial charge in [0.2, 0.25) is 5.91 Å². The number of nitrogens with two attached hydrogens (primary N) is 1. The Balaban J connectivity index is 1.48. The van der Waals surface area contributed by atoms with E-state index < -0.39 is 0 Å².